The molecule has 110 valence electrons. The molecule has 2 aromatic rings. The number of para-hydroxylation sites is 1. The first kappa shape index (κ1) is 14.9. The van der Waals surface area contributed by atoms with Crippen molar-refractivity contribution in [3.63, 3.8) is 0 Å². The Kier molecular flexibility index (Phi) is 4.13. The summed E-state index contributed by atoms with van der Waals surface area (Å²) in [7, 11) is 0. The topological polar surface area (TPSA) is 78.4 Å². The Morgan fingerprint density at radius 1 is 1.24 bits per heavy atom. The third kappa shape index (κ3) is 2.97. The van der Waals surface area contributed by atoms with Crippen molar-refractivity contribution in [3.05, 3.63) is 63.2 Å². The summed E-state index contributed by atoms with van der Waals surface area (Å²) in [5.41, 5.74) is 5.61. The van der Waals surface area contributed by atoms with Crippen LogP contribution in [0.1, 0.15) is 11.1 Å². The first-order valence-electron chi connectivity index (χ1n) is 6.04. The van der Waals surface area contributed by atoms with E-state index >= 15 is 0 Å². The second kappa shape index (κ2) is 5.84. The first-order chi connectivity index (χ1) is 9.93. The lowest BCUT2D eigenvalue weighted by Crippen LogP contribution is -2.02. The number of nitro groups is 1. The van der Waals surface area contributed by atoms with Crippen molar-refractivity contribution in [1.82, 2.24) is 0 Å². The van der Waals surface area contributed by atoms with Gasteiger partial charge in [0.25, 0.3) is 0 Å². The molecule has 0 unspecified atom stereocenters. The van der Waals surface area contributed by atoms with Gasteiger partial charge < -0.3 is 10.5 Å². The van der Waals surface area contributed by atoms with E-state index in [1.807, 2.05) is 0 Å². The summed E-state index contributed by atoms with van der Waals surface area (Å²) in [5, 5.41) is 11.0. The molecule has 0 radical (unpaired) electrons. The summed E-state index contributed by atoms with van der Waals surface area (Å²) in [5.74, 6) is -2.81. The van der Waals surface area contributed by atoms with Crippen molar-refractivity contribution in [1.29, 1.82) is 0 Å². The number of aryl methyl sites for hydroxylation is 1. The summed E-state index contributed by atoms with van der Waals surface area (Å²) in [4.78, 5) is 10.3. The summed E-state index contributed by atoms with van der Waals surface area (Å²) >= 11 is 0. The molecule has 2 aromatic carbocycles. The van der Waals surface area contributed by atoms with E-state index in [0.29, 0.717) is 5.56 Å². The Bertz CT molecular complexity index is 682. The lowest BCUT2D eigenvalue weighted by atomic mass is 10.1. The number of nitrogens with two attached hydrogens (primary N) is 1. The minimum Gasteiger partial charge on any atom is -0.444 e. The number of benzene rings is 2. The van der Waals surface area contributed by atoms with Crippen LogP contribution in [-0.2, 0) is 6.54 Å². The zero-order valence-electron chi connectivity index (χ0n) is 11.1. The van der Waals surface area contributed by atoms with Gasteiger partial charge in [0.1, 0.15) is 0 Å². The molecule has 0 heterocycles. The van der Waals surface area contributed by atoms with E-state index in [9.17, 15) is 18.9 Å². The maximum atomic E-state index is 13.9. The van der Waals surface area contributed by atoms with Gasteiger partial charge in [0.2, 0.25) is 5.75 Å². The highest BCUT2D eigenvalue weighted by molar-refractivity contribution is 5.53. The van der Waals surface area contributed by atoms with Gasteiger partial charge in [-0.25, -0.2) is 8.78 Å². The lowest BCUT2D eigenvalue weighted by molar-refractivity contribution is -0.385. The Morgan fingerprint density at radius 3 is 2.38 bits per heavy atom. The van der Waals surface area contributed by atoms with Crippen molar-refractivity contribution in [2.24, 2.45) is 5.73 Å². The molecule has 0 saturated carbocycles. The summed E-state index contributed by atoms with van der Waals surface area (Å²) in [6.45, 7) is 1.52. The fraction of sp³-hybridized carbons (Fsp3) is 0.143. The number of hydrogen-bond donors (Lipinski definition) is 1. The Balaban J connectivity index is 2.51. The first-order valence-corrected chi connectivity index (χ1v) is 6.04. The third-order valence-corrected chi connectivity index (χ3v) is 2.89. The molecule has 0 fully saturated rings. The smallest absolute Gasteiger partial charge is 0.311 e. The molecular weight excluding hydrogens is 282 g/mol. The van der Waals surface area contributed by atoms with Crippen molar-refractivity contribution in [2.75, 3.05) is 0 Å². The molecule has 0 aliphatic rings. The van der Waals surface area contributed by atoms with Gasteiger partial charge in [0.15, 0.2) is 17.4 Å². The zero-order valence-corrected chi connectivity index (χ0v) is 11.1. The Hall–Kier alpha value is -2.54. The van der Waals surface area contributed by atoms with Gasteiger partial charge in [-0.1, -0.05) is 12.1 Å². The lowest BCUT2D eigenvalue weighted by Gasteiger charge is -2.11. The van der Waals surface area contributed by atoms with Gasteiger partial charge in [-0.05, 0) is 30.2 Å². The zero-order chi connectivity index (χ0) is 15.6. The largest absolute Gasteiger partial charge is 0.444 e. The van der Waals surface area contributed by atoms with Gasteiger partial charge in [-0.3, -0.25) is 10.1 Å². The number of nitrogens with zero attached hydrogens (tertiary/aromatic N) is 1. The Labute approximate surface area is 119 Å². The average Bonchev–Trinajstić information content (AvgIpc) is 2.43. The molecule has 0 aromatic heterocycles. The van der Waals surface area contributed by atoms with Gasteiger partial charge in [0, 0.05) is 12.6 Å². The number of ether oxygens (including phenoxy) is 1. The standard InChI is InChI=1S/C14H12F2N2O3/c1-8-3-2-4-12(18(19)20)13(8)21-14-10(15)5-9(7-17)6-11(14)16/h2-6H,7,17H2,1H3. The second-order valence-corrected chi connectivity index (χ2v) is 4.38. The van der Waals surface area contributed by atoms with Gasteiger partial charge in [-0.2, -0.15) is 0 Å². The minimum atomic E-state index is -0.965. The summed E-state index contributed by atoms with van der Waals surface area (Å²) in [6.07, 6.45) is 0. The molecule has 5 nitrogen and oxygen atoms in total. The molecule has 0 amide bonds. The molecule has 0 saturated heterocycles. The van der Waals surface area contributed by atoms with E-state index < -0.39 is 22.3 Å². The highest BCUT2D eigenvalue weighted by Gasteiger charge is 2.21. The second-order valence-electron chi connectivity index (χ2n) is 4.38. The van der Waals surface area contributed by atoms with Crippen molar-refractivity contribution < 1.29 is 18.4 Å². The molecule has 2 rings (SSSR count). The normalized spacial score (nSPS) is 10.5. The van der Waals surface area contributed by atoms with E-state index in [0.717, 1.165) is 12.1 Å². The van der Waals surface area contributed by atoms with Gasteiger partial charge >= 0.3 is 5.69 Å². The van der Waals surface area contributed by atoms with Crippen LogP contribution >= 0.6 is 0 Å². The Morgan fingerprint density at radius 2 is 1.86 bits per heavy atom. The van der Waals surface area contributed by atoms with Gasteiger partial charge in [0.05, 0.1) is 4.92 Å². The highest BCUT2D eigenvalue weighted by atomic mass is 19.1. The number of halogens is 2. The van der Waals surface area contributed by atoms with E-state index in [1.54, 1.807) is 13.0 Å². The van der Waals surface area contributed by atoms with Crippen LogP contribution < -0.4 is 10.5 Å². The molecule has 0 aliphatic carbocycles. The maximum Gasteiger partial charge on any atom is 0.311 e. The molecule has 0 aliphatic heterocycles. The van der Waals surface area contributed by atoms with E-state index in [1.165, 1.54) is 12.1 Å². The van der Waals surface area contributed by atoms with Crippen LogP contribution in [0, 0.1) is 28.7 Å². The summed E-state index contributed by atoms with van der Waals surface area (Å²) < 4.78 is 32.8. The fourth-order valence-corrected chi connectivity index (χ4v) is 1.84. The molecule has 21 heavy (non-hydrogen) atoms. The van der Waals surface area contributed by atoms with Crippen LogP contribution in [0.25, 0.3) is 0 Å². The molecule has 0 bridgehead atoms. The number of rotatable bonds is 4. The SMILES string of the molecule is Cc1cccc([N+](=O)[O-])c1Oc1c(F)cc(CN)cc1F. The van der Waals surface area contributed by atoms with Crippen LogP contribution in [0.4, 0.5) is 14.5 Å². The maximum absolute atomic E-state index is 13.9. The van der Waals surface area contributed by atoms with E-state index in [4.69, 9.17) is 10.5 Å². The molecule has 0 spiro atoms. The van der Waals surface area contributed by atoms with Crippen molar-refractivity contribution in [2.45, 2.75) is 13.5 Å². The van der Waals surface area contributed by atoms with Crippen LogP contribution in [0.15, 0.2) is 30.3 Å². The monoisotopic (exact) mass is 294 g/mol. The molecule has 2 N–H and O–H groups in total. The fourth-order valence-electron chi connectivity index (χ4n) is 1.84. The van der Waals surface area contributed by atoms with E-state index in [-0.39, 0.29) is 23.5 Å². The van der Waals surface area contributed by atoms with Crippen LogP contribution in [0.2, 0.25) is 0 Å². The highest BCUT2D eigenvalue weighted by Crippen LogP contribution is 2.36. The van der Waals surface area contributed by atoms with E-state index in [2.05, 4.69) is 0 Å². The molecule has 0 atom stereocenters. The predicted molar refractivity (Wildman–Crippen MR) is 72.2 cm³/mol. The number of hydrogen-bond acceptors (Lipinski definition) is 4. The molecule has 7 heteroatoms. The third-order valence-electron chi connectivity index (χ3n) is 2.89. The van der Waals surface area contributed by atoms with Crippen LogP contribution in [0.5, 0.6) is 11.5 Å². The summed E-state index contributed by atoms with van der Waals surface area (Å²) in [6, 6.07) is 6.27. The van der Waals surface area contributed by atoms with Crippen molar-refractivity contribution >= 4 is 5.69 Å². The number of nitro benzene ring substituents is 1. The van der Waals surface area contributed by atoms with Crippen molar-refractivity contribution in [3.8, 4) is 11.5 Å². The van der Waals surface area contributed by atoms with Gasteiger partial charge in [-0.15, -0.1) is 0 Å². The van der Waals surface area contributed by atoms with Crippen LogP contribution in [-0.4, -0.2) is 4.92 Å². The average molecular weight is 294 g/mol. The molecular formula is C14H12F2N2O3. The minimum absolute atomic E-state index is 0.0291. The predicted octanol–water partition coefficient (Wildman–Crippen LogP) is 3.43. The quantitative estimate of drug-likeness (QED) is 0.692. The van der Waals surface area contributed by atoms with Crippen LogP contribution in [0.3, 0.4) is 0 Å².